The Labute approximate surface area is 197 Å². The second-order valence-corrected chi connectivity index (χ2v) is 8.15. The fourth-order valence-corrected chi connectivity index (χ4v) is 4.56. The molecular weight excluding hydrogens is 448 g/mol. The number of rotatable bonds is 7. The van der Waals surface area contributed by atoms with Gasteiger partial charge in [-0.3, -0.25) is 0 Å². The fraction of sp³-hybridized carbons (Fsp3) is 0.500. The largest absolute Gasteiger partial charge is 0.493 e. The summed E-state index contributed by atoms with van der Waals surface area (Å²) in [6.07, 6.45) is -5.64. The van der Waals surface area contributed by atoms with E-state index in [4.69, 9.17) is 28.4 Å². The molecule has 1 heterocycles. The highest BCUT2D eigenvalue weighted by atomic mass is 16.7. The van der Waals surface area contributed by atoms with E-state index >= 15 is 0 Å². The lowest BCUT2D eigenvalue weighted by molar-refractivity contribution is -0.277. The maximum atomic E-state index is 10.4. The summed E-state index contributed by atoms with van der Waals surface area (Å²) in [5.41, 5.74) is 3.71. The third-order valence-corrected chi connectivity index (χ3v) is 6.33. The Kier molecular flexibility index (Phi) is 7.06. The molecule has 5 atom stereocenters. The molecular formula is C24H30O10. The zero-order valence-electron chi connectivity index (χ0n) is 19.5. The number of aliphatic hydroxyl groups is 4. The summed E-state index contributed by atoms with van der Waals surface area (Å²) in [4.78, 5) is 0. The summed E-state index contributed by atoms with van der Waals surface area (Å²) in [6, 6.07) is 5.62. The number of ether oxygens (including phenoxy) is 6. The number of hydrogen-bond donors (Lipinski definition) is 4. The molecule has 2 aromatic carbocycles. The van der Waals surface area contributed by atoms with Crippen molar-refractivity contribution in [2.75, 3.05) is 35.0 Å². The van der Waals surface area contributed by atoms with E-state index in [-0.39, 0.29) is 11.5 Å². The van der Waals surface area contributed by atoms with E-state index in [2.05, 4.69) is 0 Å². The minimum absolute atomic E-state index is 0.228. The van der Waals surface area contributed by atoms with Crippen LogP contribution in [0.3, 0.4) is 0 Å². The first-order chi connectivity index (χ1) is 16.4. The average molecular weight is 478 g/mol. The summed E-state index contributed by atoms with van der Waals surface area (Å²) >= 11 is 0. The number of methoxy groups -OCH3 is 4. The molecule has 2 aliphatic rings. The molecule has 1 aliphatic carbocycles. The Bertz CT molecular complexity index is 1040. The molecule has 0 saturated carbocycles. The lowest BCUT2D eigenvalue weighted by atomic mass is 9.84. The zero-order valence-corrected chi connectivity index (χ0v) is 19.5. The Morgan fingerprint density at radius 1 is 0.765 bits per heavy atom. The molecule has 0 unspecified atom stereocenters. The Morgan fingerprint density at radius 3 is 2.00 bits per heavy atom. The van der Waals surface area contributed by atoms with Gasteiger partial charge in [0.25, 0.3) is 0 Å². The van der Waals surface area contributed by atoms with Gasteiger partial charge in [-0.1, -0.05) is 0 Å². The number of benzene rings is 2. The van der Waals surface area contributed by atoms with E-state index in [0.717, 1.165) is 28.7 Å². The molecule has 0 aromatic heterocycles. The van der Waals surface area contributed by atoms with E-state index in [1.165, 1.54) is 14.2 Å². The van der Waals surface area contributed by atoms with Crippen LogP contribution in [0.15, 0.2) is 18.2 Å². The van der Waals surface area contributed by atoms with Gasteiger partial charge >= 0.3 is 0 Å². The van der Waals surface area contributed by atoms with Gasteiger partial charge in [-0.2, -0.15) is 0 Å². The lowest BCUT2D eigenvalue weighted by Crippen LogP contribution is -2.60. The third-order valence-electron chi connectivity index (χ3n) is 6.33. The molecule has 0 amide bonds. The predicted octanol–water partition coefficient (Wildman–Crippen LogP) is 0.665. The number of aryl methyl sites for hydroxylation is 2. The van der Waals surface area contributed by atoms with Gasteiger partial charge in [0.2, 0.25) is 12.0 Å². The molecule has 4 rings (SSSR count). The molecule has 4 N–H and O–H groups in total. The summed E-state index contributed by atoms with van der Waals surface area (Å²) in [7, 11) is 6.14. The van der Waals surface area contributed by atoms with Gasteiger partial charge in [0.1, 0.15) is 24.4 Å². The maximum Gasteiger partial charge on any atom is 0.229 e. The maximum absolute atomic E-state index is 10.4. The molecule has 0 bridgehead atoms. The van der Waals surface area contributed by atoms with E-state index < -0.39 is 37.3 Å². The van der Waals surface area contributed by atoms with Gasteiger partial charge < -0.3 is 48.8 Å². The van der Waals surface area contributed by atoms with Crippen LogP contribution in [0.1, 0.15) is 11.1 Å². The zero-order chi connectivity index (χ0) is 24.6. The quantitative estimate of drug-likeness (QED) is 0.449. The smallest absolute Gasteiger partial charge is 0.229 e. The average Bonchev–Trinajstić information content (AvgIpc) is 2.86. The van der Waals surface area contributed by atoms with Crippen LogP contribution < -0.4 is 23.7 Å². The van der Waals surface area contributed by atoms with Crippen LogP contribution in [0.2, 0.25) is 0 Å². The van der Waals surface area contributed by atoms with Gasteiger partial charge in [-0.25, -0.2) is 0 Å². The first-order valence-corrected chi connectivity index (χ1v) is 10.9. The summed E-state index contributed by atoms with van der Waals surface area (Å²) in [6.45, 7) is -0.558. The van der Waals surface area contributed by atoms with Gasteiger partial charge in [-0.05, 0) is 47.7 Å². The van der Waals surface area contributed by atoms with Crippen molar-refractivity contribution in [1.29, 1.82) is 0 Å². The van der Waals surface area contributed by atoms with Crippen LogP contribution >= 0.6 is 0 Å². The fourth-order valence-electron chi connectivity index (χ4n) is 4.56. The highest BCUT2D eigenvalue weighted by molar-refractivity contribution is 5.84. The van der Waals surface area contributed by atoms with Crippen molar-refractivity contribution in [3.8, 4) is 39.9 Å². The monoisotopic (exact) mass is 478 g/mol. The summed E-state index contributed by atoms with van der Waals surface area (Å²) < 4.78 is 33.7. The summed E-state index contributed by atoms with van der Waals surface area (Å²) in [5.74, 6) is 2.13. The van der Waals surface area contributed by atoms with Crippen molar-refractivity contribution in [2.24, 2.45) is 0 Å². The molecule has 1 saturated heterocycles. The molecule has 10 heteroatoms. The predicted molar refractivity (Wildman–Crippen MR) is 120 cm³/mol. The van der Waals surface area contributed by atoms with Crippen molar-refractivity contribution < 1.29 is 48.8 Å². The molecule has 34 heavy (non-hydrogen) atoms. The molecule has 1 aliphatic heterocycles. The van der Waals surface area contributed by atoms with E-state index in [0.29, 0.717) is 23.7 Å². The number of hydrogen-bond acceptors (Lipinski definition) is 10. The van der Waals surface area contributed by atoms with Gasteiger partial charge in [-0.15, -0.1) is 0 Å². The molecule has 10 nitrogen and oxygen atoms in total. The van der Waals surface area contributed by atoms with Crippen LogP contribution in [0.4, 0.5) is 0 Å². The number of aliphatic hydroxyl groups excluding tert-OH is 4. The van der Waals surface area contributed by atoms with E-state index in [1.807, 2.05) is 12.1 Å². The molecule has 0 spiro atoms. The second-order valence-electron chi connectivity index (χ2n) is 8.15. The first-order valence-electron chi connectivity index (χ1n) is 10.9. The van der Waals surface area contributed by atoms with Crippen LogP contribution in [-0.4, -0.2) is 86.2 Å². The standard InChI is InChI=1S/C24H30O10/c1-29-14-7-11-5-6-12-8-16(33-24-21(28)20(27)19(26)17(10-25)34-24)22(31-3)23(32-4)18(12)13(11)9-15(14)30-2/h7-9,17,19-21,24-28H,5-6,10H2,1-4H3/t17-,19-,20+,21-,24-/m1/s1. The van der Waals surface area contributed by atoms with Crippen LogP contribution in [-0.2, 0) is 17.6 Å². The number of fused-ring (bicyclic) bond motifs is 3. The van der Waals surface area contributed by atoms with Crippen molar-refractivity contribution >= 4 is 0 Å². The normalized spacial score (nSPS) is 25.7. The molecule has 2 aromatic rings. The first kappa shape index (κ1) is 24.4. The van der Waals surface area contributed by atoms with Crippen molar-refractivity contribution in [2.45, 2.75) is 43.5 Å². The Hall–Kier alpha value is -2.76. The van der Waals surface area contributed by atoms with Crippen molar-refractivity contribution in [3.63, 3.8) is 0 Å². The summed E-state index contributed by atoms with van der Waals surface area (Å²) in [5, 5.41) is 40.0. The Balaban J connectivity index is 1.79. The minimum Gasteiger partial charge on any atom is -0.493 e. The van der Waals surface area contributed by atoms with Gasteiger partial charge in [0, 0.05) is 5.56 Å². The van der Waals surface area contributed by atoms with Crippen molar-refractivity contribution in [1.82, 2.24) is 0 Å². The van der Waals surface area contributed by atoms with E-state index in [1.54, 1.807) is 20.3 Å². The SMILES string of the molecule is COc1cc2c(cc1OC)-c1c(cc(O[C@@H]3O[C@H](CO)[C@@H](O)[C@H](O)[C@H]3O)c(OC)c1OC)CC2. The highest BCUT2D eigenvalue weighted by Crippen LogP contribution is 2.51. The van der Waals surface area contributed by atoms with Crippen LogP contribution in [0.5, 0.6) is 28.7 Å². The molecule has 186 valence electrons. The molecule has 0 radical (unpaired) electrons. The third kappa shape index (κ3) is 4.01. The van der Waals surface area contributed by atoms with Gasteiger partial charge in [0.05, 0.1) is 35.0 Å². The van der Waals surface area contributed by atoms with Crippen LogP contribution in [0, 0.1) is 0 Å². The molecule has 1 fully saturated rings. The van der Waals surface area contributed by atoms with Crippen molar-refractivity contribution in [3.05, 3.63) is 29.3 Å². The Morgan fingerprint density at radius 2 is 1.38 bits per heavy atom. The highest BCUT2D eigenvalue weighted by Gasteiger charge is 2.45. The van der Waals surface area contributed by atoms with Gasteiger partial charge in [0.15, 0.2) is 23.0 Å². The van der Waals surface area contributed by atoms with Crippen LogP contribution in [0.25, 0.3) is 11.1 Å². The van der Waals surface area contributed by atoms with E-state index in [9.17, 15) is 20.4 Å². The topological polar surface area (TPSA) is 136 Å². The lowest BCUT2D eigenvalue weighted by Gasteiger charge is -2.39. The second kappa shape index (κ2) is 9.85. The minimum atomic E-state index is -1.56.